The highest BCUT2D eigenvalue weighted by Gasteiger charge is 2.27. The van der Waals surface area contributed by atoms with Crippen LogP contribution in [0.4, 0.5) is 0 Å². The van der Waals surface area contributed by atoms with Gasteiger partial charge in [0.05, 0.1) is 5.75 Å². The molecule has 0 N–H and O–H groups in total. The number of fused-ring (bicyclic) bond motifs is 1. The standard InChI is InChI=1S/C14H13N3O2S2/c18-11(10-5-2-1-3-6-10)9-20-14-16-17-8-4-7-12(19)15-13(17)21-14/h1-3,5-6H,4,7-9H2. The summed E-state index contributed by atoms with van der Waals surface area (Å²) in [4.78, 5) is 27.5. The smallest absolute Gasteiger partial charge is 0.248 e. The number of carbonyl (C=O) groups is 2. The first-order chi connectivity index (χ1) is 10.2. The van der Waals surface area contributed by atoms with E-state index in [1.165, 1.54) is 23.5 Å². The molecule has 2 aliphatic heterocycles. The first-order valence-electron chi connectivity index (χ1n) is 6.59. The molecule has 2 aliphatic rings. The Morgan fingerprint density at radius 3 is 2.95 bits per heavy atom. The van der Waals surface area contributed by atoms with Crippen molar-refractivity contribution in [2.24, 2.45) is 10.1 Å². The maximum Gasteiger partial charge on any atom is 0.248 e. The largest absolute Gasteiger partial charge is 0.293 e. The Balaban J connectivity index is 1.60. The number of hydrogen-bond acceptors (Lipinski definition) is 6. The lowest BCUT2D eigenvalue weighted by Crippen LogP contribution is -2.18. The summed E-state index contributed by atoms with van der Waals surface area (Å²) in [6, 6.07) is 9.20. The fourth-order valence-corrected chi connectivity index (χ4v) is 3.85. The van der Waals surface area contributed by atoms with Crippen LogP contribution in [0.3, 0.4) is 0 Å². The molecule has 1 aromatic rings. The normalized spacial score (nSPS) is 17.9. The van der Waals surface area contributed by atoms with Crippen LogP contribution in [0.25, 0.3) is 0 Å². The van der Waals surface area contributed by atoms with Gasteiger partial charge in [-0.2, -0.15) is 10.1 Å². The molecule has 0 unspecified atom stereocenters. The highest BCUT2D eigenvalue weighted by Crippen LogP contribution is 2.30. The molecule has 1 aromatic carbocycles. The third kappa shape index (κ3) is 3.54. The van der Waals surface area contributed by atoms with Crippen LogP contribution in [-0.4, -0.2) is 38.5 Å². The Bertz CT molecular complexity index is 628. The van der Waals surface area contributed by atoms with E-state index < -0.39 is 0 Å². The SMILES string of the molecule is O=C1CCCN2N=C(SCC(=O)c3ccccc3)SC2=N1. The van der Waals surface area contributed by atoms with E-state index in [1.54, 1.807) is 5.01 Å². The molecule has 7 heteroatoms. The van der Waals surface area contributed by atoms with Gasteiger partial charge in [0, 0.05) is 18.5 Å². The average molecular weight is 319 g/mol. The van der Waals surface area contributed by atoms with Crippen LogP contribution in [0.2, 0.25) is 0 Å². The molecular formula is C14H13N3O2S2. The highest BCUT2D eigenvalue weighted by atomic mass is 32.2. The van der Waals surface area contributed by atoms with Crippen LogP contribution in [0.15, 0.2) is 40.4 Å². The Morgan fingerprint density at radius 2 is 2.14 bits per heavy atom. The third-order valence-corrected chi connectivity index (χ3v) is 5.08. The molecule has 5 nitrogen and oxygen atoms in total. The van der Waals surface area contributed by atoms with E-state index >= 15 is 0 Å². The maximum atomic E-state index is 12.0. The van der Waals surface area contributed by atoms with Crippen molar-refractivity contribution < 1.29 is 9.59 Å². The summed E-state index contributed by atoms with van der Waals surface area (Å²) in [5.74, 6) is 0.316. The molecule has 0 aromatic heterocycles. The minimum Gasteiger partial charge on any atom is -0.293 e. The van der Waals surface area contributed by atoms with Crippen LogP contribution in [0.1, 0.15) is 23.2 Å². The van der Waals surface area contributed by atoms with Gasteiger partial charge >= 0.3 is 0 Å². The highest BCUT2D eigenvalue weighted by molar-refractivity contribution is 8.45. The van der Waals surface area contributed by atoms with Gasteiger partial charge in [-0.05, 0) is 18.2 Å². The van der Waals surface area contributed by atoms with E-state index in [0.29, 0.717) is 29.4 Å². The molecule has 21 heavy (non-hydrogen) atoms. The van der Waals surface area contributed by atoms with Crippen molar-refractivity contribution >= 4 is 44.8 Å². The average Bonchev–Trinajstić information content (AvgIpc) is 2.79. The van der Waals surface area contributed by atoms with Crippen molar-refractivity contribution in [3.8, 4) is 0 Å². The van der Waals surface area contributed by atoms with Crippen LogP contribution >= 0.6 is 23.5 Å². The number of nitrogens with zero attached hydrogens (tertiary/aromatic N) is 3. The number of aliphatic imine (C=N–C) groups is 1. The topological polar surface area (TPSA) is 62.1 Å². The molecule has 3 rings (SSSR count). The van der Waals surface area contributed by atoms with Crippen LogP contribution in [0.5, 0.6) is 0 Å². The van der Waals surface area contributed by atoms with Gasteiger partial charge in [0.2, 0.25) is 5.91 Å². The van der Waals surface area contributed by atoms with E-state index in [9.17, 15) is 9.59 Å². The lowest BCUT2D eigenvalue weighted by molar-refractivity contribution is -0.117. The molecule has 1 amide bonds. The van der Waals surface area contributed by atoms with Crippen molar-refractivity contribution in [2.75, 3.05) is 12.3 Å². The number of amides is 1. The van der Waals surface area contributed by atoms with E-state index in [4.69, 9.17) is 0 Å². The van der Waals surface area contributed by atoms with Crippen LogP contribution in [-0.2, 0) is 4.79 Å². The third-order valence-electron chi connectivity index (χ3n) is 3.01. The summed E-state index contributed by atoms with van der Waals surface area (Å²) in [6.45, 7) is 0.703. The van der Waals surface area contributed by atoms with Crippen LogP contribution in [0, 0.1) is 0 Å². The Morgan fingerprint density at radius 1 is 1.33 bits per heavy atom. The lowest BCUT2D eigenvalue weighted by Gasteiger charge is -2.08. The van der Waals surface area contributed by atoms with Gasteiger partial charge in [-0.15, -0.1) is 0 Å². The van der Waals surface area contributed by atoms with E-state index in [0.717, 1.165) is 10.8 Å². The number of thioether (sulfide) groups is 2. The number of hydrogen-bond donors (Lipinski definition) is 0. The quantitative estimate of drug-likeness (QED) is 0.801. The summed E-state index contributed by atoms with van der Waals surface area (Å²) in [5, 5.41) is 6.80. The second-order valence-corrected chi connectivity index (χ2v) is 6.74. The summed E-state index contributed by atoms with van der Waals surface area (Å²) in [6.07, 6.45) is 1.24. The number of hydrazone groups is 1. The molecule has 108 valence electrons. The van der Waals surface area contributed by atoms with E-state index in [2.05, 4.69) is 10.1 Å². The van der Waals surface area contributed by atoms with Gasteiger partial charge in [-0.25, -0.2) is 5.01 Å². The Hall–Kier alpha value is -1.60. The van der Waals surface area contributed by atoms with Crippen molar-refractivity contribution in [1.29, 1.82) is 0 Å². The number of carbonyl (C=O) groups excluding carboxylic acids is 2. The molecule has 0 bridgehead atoms. The van der Waals surface area contributed by atoms with Gasteiger partial charge in [0.25, 0.3) is 0 Å². The van der Waals surface area contributed by atoms with Crippen molar-refractivity contribution in [3.05, 3.63) is 35.9 Å². The van der Waals surface area contributed by atoms with Gasteiger partial charge in [0.1, 0.15) is 0 Å². The Kier molecular flexibility index (Phi) is 4.40. The lowest BCUT2D eigenvalue weighted by atomic mass is 10.2. The minimum absolute atomic E-state index is 0.0732. The first-order valence-corrected chi connectivity index (χ1v) is 8.39. The number of benzene rings is 1. The predicted molar refractivity (Wildman–Crippen MR) is 86.6 cm³/mol. The predicted octanol–water partition coefficient (Wildman–Crippen LogP) is 2.60. The zero-order valence-electron chi connectivity index (χ0n) is 11.2. The monoisotopic (exact) mass is 319 g/mol. The number of amidine groups is 1. The molecule has 0 saturated carbocycles. The van der Waals surface area contributed by atoms with Crippen molar-refractivity contribution in [3.63, 3.8) is 0 Å². The van der Waals surface area contributed by atoms with Crippen molar-refractivity contribution in [1.82, 2.24) is 5.01 Å². The van der Waals surface area contributed by atoms with Gasteiger partial charge in [-0.3, -0.25) is 9.59 Å². The van der Waals surface area contributed by atoms with E-state index in [1.807, 2.05) is 30.3 Å². The number of ketones is 1. The fourth-order valence-electron chi connectivity index (χ4n) is 1.95. The zero-order chi connectivity index (χ0) is 14.7. The fraction of sp³-hybridized carbons (Fsp3) is 0.286. The second kappa shape index (κ2) is 6.44. The molecule has 0 aliphatic carbocycles. The second-order valence-electron chi connectivity index (χ2n) is 4.56. The summed E-state index contributed by atoms with van der Waals surface area (Å²) < 4.78 is 0.771. The molecule has 0 saturated heterocycles. The van der Waals surface area contributed by atoms with Gasteiger partial charge < -0.3 is 0 Å². The van der Waals surface area contributed by atoms with Crippen molar-refractivity contribution in [2.45, 2.75) is 12.8 Å². The van der Waals surface area contributed by atoms with Crippen LogP contribution < -0.4 is 0 Å². The number of rotatable bonds is 3. The molecule has 2 heterocycles. The zero-order valence-corrected chi connectivity index (χ0v) is 12.8. The maximum absolute atomic E-state index is 12.0. The van der Waals surface area contributed by atoms with Gasteiger partial charge in [0.15, 0.2) is 15.3 Å². The van der Waals surface area contributed by atoms with Gasteiger partial charge in [-0.1, -0.05) is 42.1 Å². The molecule has 0 spiro atoms. The molecular weight excluding hydrogens is 306 g/mol. The summed E-state index contributed by atoms with van der Waals surface area (Å²) >= 11 is 2.76. The minimum atomic E-state index is -0.0955. The van der Waals surface area contributed by atoms with E-state index in [-0.39, 0.29) is 11.7 Å². The Labute approximate surface area is 130 Å². The molecule has 0 radical (unpaired) electrons. The number of Topliss-reactive ketones (excluding diaryl/α,β-unsaturated/α-hetero) is 1. The summed E-state index contributed by atoms with van der Waals surface area (Å²) in [7, 11) is 0. The summed E-state index contributed by atoms with van der Waals surface area (Å²) in [5.41, 5.74) is 0.704. The molecule has 0 atom stereocenters. The molecule has 0 fully saturated rings. The first kappa shape index (κ1) is 14.3.